The normalized spacial score (nSPS) is 10.4. The Hall–Kier alpha value is -3.55. The van der Waals surface area contributed by atoms with Gasteiger partial charge in [-0.05, 0) is 66.9 Å². The van der Waals surface area contributed by atoms with Gasteiger partial charge in [-0.1, -0.05) is 32.9 Å². The Morgan fingerprint density at radius 1 is 1.00 bits per heavy atom. The number of nitrogen functional groups attached to an aromatic ring is 1. The quantitative estimate of drug-likeness (QED) is 0.0529. The Morgan fingerprint density at radius 3 is 2.41 bits per heavy atom. The lowest BCUT2D eigenvalue weighted by Gasteiger charge is -2.11. The molecule has 0 aliphatic carbocycles. The highest BCUT2D eigenvalue weighted by atomic mass is 32.9. The number of ether oxygens (including phenoxy) is 3. The van der Waals surface area contributed by atoms with Crippen LogP contribution in [0.1, 0.15) is 23.2 Å². The fourth-order valence-corrected chi connectivity index (χ4v) is 5.05. The van der Waals surface area contributed by atoms with E-state index in [-0.39, 0.29) is 36.0 Å². The van der Waals surface area contributed by atoms with Crippen LogP contribution in [-0.4, -0.2) is 30.4 Å². The first kappa shape index (κ1) is 25.1. The first-order valence-corrected chi connectivity index (χ1v) is 12.3. The van der Waals surface area contributed by atoms with Gasteiger partial charge < -0.3 is 24.8 Å². The lowest BCUT2D eigenvalue weighted by atomic mass is 10.2. The van der Waals surface area contributed by atoms with Gasteiger partial charge in [0.1, 0.15) is 20.9 Å². The van der Waals surface area contributed by atoms with E-state index in [2.05, 4.69) is 4.84 Å². The van der Waals surface area contributed by atoms with E-state index >= 15 is 0 Å². The standard InChI is InChI=1S/C21H18N2O8S3/c22-14-5-8-17(16(11-14)20(24)28-9-1-2-10-29-23(26)27)31-21(25)30-15-6-3-13(4-7-15)18-12-19(32)34-33-18/h3-8,11-12H,1-2,9-10,22H2. The van der Waals surface area contributed by atoms with Crippen molar-refractivity contribution in [2.24, 2.45) is 0 Å². The Bertz CT molecular complexity index is 1220. The third kappa shape index (κ3) is 7.50. The monoisotopic (exact) mass is 522 g/mol. The largest absolute Gasteiger partial charge is 0.519 e. The zero-order chi connectivity index (χ0) is 24.5. The molecule has 0 atom stereocenters. The summed E-state index contributed by atoms with van der Waals surface area (Å²) in [6, 6.07) is 12.8. The smallest absolute Gasteiger partial charge is 0.462 e. The molecule has 2 N–H and O–H groups in total. The van der Waals surface area contributed by atoms with Crippen molar-refractivity contribution in [1.82, 2.24) is 0 Å². The molecular formula is C21H18N2O8S3. The molecule has 178 valence electrons. The Labute approximate surface area is 205 Å². The number of carbonyl (C=O) groups excluding carboxylic acids is 2. The van der Waals surface area contributed by atoms with Gasteiger partial charge in [-0.3, -0.25) is 0 Å². The number of esters is 1. The third-order valence-electron chi connectivity index (χ3n) is 4.19. The van der Waals surface area contributed by atoms with Crippen LogP contribution in [0.15, 0.2) is 48.5 Å². The molecule has 3 rings (SSSR count). The second kappa shape index (κ2) is 12.1. The van der Waals surface area contributed by atoms with Crippen molar-refractivity contribution in [3.05, 3.63) is 68.0 Å². The summed E-state index contributed by atoms with van der Waals surface area (Å²) >= 11 is 5.14. The molecule has 0 radical (unpaired) electrons. The summed E-state index contributed by atoms with van der Waals surface area (Å²) in [6.45, 7) is -0.115. The second-order valence-electron chi connectivity index (χ2n) is 6.63. The van der Waals surface area contributed by atoms with E-state index < -0.39 is 17.2 Å². The number of rotatable bonds is 10. The number of carbonyl (C=O) groups is 2. The van der Waals surface area contributed by atoms with Crippen LogP contribution < -0.4 is 15.2 Å². The molecule has 0 aliphatic heterocycles. The number of hydrogen-bond acceptors (Lipinski definition) is 12. The van der Waals surface area contributed by atoms with Gasteiger partial charge in [0.05, 0.1) is 13.2 Å². The van der Waals surface area contributed by atoms with Crippen molar-refractivity contribution in [3.8, 4) is 21.9 Å². The maximum absolute atomic E-state index is 12.4. The molecule has 0 bridgehead atoms. The van der Waals surface area contributed by atoms with Gasteiger partial charge >= 0.3 is 12.1 Å². The van der Waals surface area contributed by atoms with Gasteiger partial charge in [0.25, 0.3) is 5.09 Å². The highest BCUT2D eigenvalue weighted by molar-refractivity contribution is 7.80. The molecular weight excluding hydrogens is 504 g/mol. The van der Waals surface area contributed by atoms with Gasteiger partial charge in [0, 0.05) is 10.6 Å². The third-order valence-corrected chi connectivity index (χ3v) is 7.10. The van der Waals surface area contributed by atoms with E-state index in [1.165, 1.54) is 28.5 Å². The fourth-order valence-electron chi connectivity index (χ4n) is 2.65. The second-order valence-corrected chi connectivity index (χ2v) is 9.54. The number of hydrogen-bond donors (Lipinski definition) is 1. The summed E-state index contributed by atoms with van der Waals surface area (Å²) in [5, 5.41) is 9.21. The fraction of sp³-hybridized carbons (Fsp3) is 0.190. The van der Waals surface area contributed by atoms with Crippen LogP contribution >= 0.6 is 32.9 Å². The molecule has 0 spiro atoms. The zero-order valence-electron chi connectivity index (χ0n) is 17.5. The average molecular weight is 523 g/mol. The number of nitrogens with zero attached hydrogens (tertiary/aromatic N) is 1. The van der Waals surface area contributed by atoms with Gasteiger partial charge in [0.2, 0.25) is 0 Å². The predicted octanol–water partition coefficient (Wildman–Crippen LogP) is 5.51. The van der Waals surface area contributed by atoms with Crippen molar-refractivity contribution in [1.29, 1.82) is 0 Å². The molecule has 3 aromatic rings. The summed E-state index contributed by atoms with van der Waals surface area (Å²) in [6.07, 6.45) is -0.383. The minimum Gasteiger partial charge on any atom is -0.462 e. The molecule has 13 heteroatoms. The van der Waals surface area contributed by atoms with Crippen LogP contribution in [0, 0.1) is 13.9 Å². The summed E-state index contributed by atoms with van der Waals surface area (Å²) in [5.74, 6) is -0.604. The molecule has 34 heavy (non-hydrogen) atoms. The summed E-state index contributed by atoms with van der Waals surface area (Å²) in [4.78, 5) is 40.0. The maximum Gasteiger partial charge on any atom is 0.519 e. The van der Waals surface area contributed by atoms with E-state index in [0.717, 1.165) is 14.3 Å². The summed E-state index contributed by atoms with van der Waals surface area (Å²) in [5.41, 5.74) is 6.88. The molecule has 0 saturated carbocycles. The number of benzene rings is 2. The molecule has 0 aliphatic rings. The minimum absolute atomic E-state index is 0.0110. The van der Waals surface area contributed by atoms with E-state index in [0.29, 0.717) is 12.8 Å². The molecule has 0 unspecified atom stereocenters. The van der Waals surface area contributed by atoms with E-state index in [4.69, 9.17) is 32.2 Å². The van der Waals surface area contributed by atoms with Gasteiger partial charge in [0.15, 0.2) is 0 Å². The Morgan fingerprint density at radius 2 is 1.74 bits per heavy atom. The van der Waals surface area contributed by atoms with Gasteiger partial charge in [-0.25, -0.2) is 9.59 Å². The molecule has 1 aromatic heterocycles. The average Bonchev–Trinajstić information content (AvgIpc) is 3.23. The minimum atomic E-state index is -1.05. The van der Waals surface area contributed by atoms with Gasteiger partial charge in [-0.15, -0.1) is 10.1 Å². The molecule has 1 heterocycles. The van der Waals surface area contributed by atoms with Crippen LogP contribution in [0.3, 0.4) is 0 Å². The predicted molar refractivity (Wildman–Crippen MR) is 128 cm³/mol. The first-order valence-electron chi connectivity index (χ1n) is 9.76. The lowest BCUT2D eigenvalue weighted by molar-refractivity contribution is -0.757. The van der Waals surface area contributed by atoms with Crippen molar-refractivity contribution in [2.75, 3.05) is 18.9 Å². The Kier molecular flexibility index (Phi) is 8.90. The molecule has 0 fully saturated rings. The summed E-state index contributed by atoms with van der Waals surface area (Å²) in [7, 11) is 3.06. The van der Waals surface area contributed by atoms with Crippen LogP contribution in [-0.2, 0) is 9.57 Å². The van der Waals surface area contributed by atoms with Crippen LogP contribution in [0.25, 0.3) is 10.4 Å². The Balaban J connectivity index is 1.57. The number of anilines is 1. The molecule has 2 aromatic carbocycles. The van der Waals surface area contributed by atoms with Crippen LogP contribution in [0.4, 0.5) is 10.5 Å². The summed E-state index contributed by atoms with van der Waals surface area (Å²) < 4.78 is 16.3. The van der Waals surface area contributed by atoms with Crippen molar-refractivity contribution in [2.45, 2.75) is 12.8 Å². The first-order chi connectivity index (χ1) is 16.3. The maximum atomic E-state index is 12.4. The van der Waals surface area contributed by atoms with E-state index in [9.17, 15) is 19.7 Å². The van der Waals surface area contributed by atoms with Crippen LogP contribution in [0.2, 0.25) is 0 Å². The van der Waals surface area contributed by atoms with E-state index in [1.54, 1.807) is 34.6 Å². The van der Waals surface area contributed by atoms with Crippen LogP contribution in [0.5, 0.6) is 11.5 Å². The van der Waals surface area contributed by atoms with Crippen molar-refractivity contribution < 1.29 is 33.7 Å². The molecule has 0 saturated heterocycles. The van der Waals surface area contributed by atoms with Gasteiger partial charge in [-0.2, -0.15) is 0 Å². The molecule has 0 amide bonds. The van der Waals surface area contributed by atoms with Crippen molar-refractivity contribution >= 4 is 50.7 Å². The zero-order valence-corrected chi connectivity index (χ0v) is 19.9. The number of nitrogens with two attached hydrogens (primary N) is 1. The van der Waals surface area contributed by atoms with Crippen molar-refractivity contribution in [3.63, 3.8) is 0 Å². The lowest BCUT2D eigenvalue weighted by Crippen LogP contribution is -2.17. The van der Waals surface area contributed by atoms with E-state index in [1.807, 2.05) is 6.07 Å². The SMILES string of the molecule is Nc1ccc(OC(=O)Oc2ccc(-c3cc(=S)ss3)cc2)c(C(=O)OCCCCO[N+](=O)[O-])c1. The topological polar surface area (TPSA) is 140 Å². The number of unbranched alkanes of at least 4 members (excludes halogenated alkanes) is 1. The highest BCUT2D eigenvalue weighted by Crippen LogP contribution is 2.30. The highest BCUT2D eigenvalue weighted by Gasteiger charge is 2.19. The molecule has 10 nitrogen and oxygen atoms in total.